The van der Waals surface area contributed by atoms with Crippen LogP contribution < -0.4 is 10.6 Å². The average molecular weight is 422 g/mol. The number of carbonyl (C=O) groups excluding carboxylic acids is 1. The summed E-state index contributed by atoms with van der Waals surface area (Å²) in [5.74, 6) is -0.365. The molecule has 0 aliphatic heterocycles. The van der Waals surface area contributed by atoms with E-state index in [-0.39, 0.29) is 16.0 Å². The summed E-state index contributed by atoms with van der Waals surface area (Å²) < 4.78 is 39.1. The Morgan fingerprint density at radius 3 is 2.68 bits per heavy atom. The number of carbonyl (C=O) groups is 1. The molecule has 0 spiro atoms. The third-order valence-electron chi connectivity index (χ3n) is 3.96. The van der Waals surface area contributed by atoms with Crippen molar-refractivity contribution in [1.82, 2.24) is 4.98 Å². The quantitative estimate of drug-likeness (QED) is 0.618. The van der Waals surface area contributed by atoms with E-state index in [9.17, 15) is 17.6 Å². The summed E-state index contributed by atoms with van der Waals surface area (Å²) in [7, 11) is -3.43. The van der Waals surface area contributed by atoms with Crippen molar-refractivity contribution in [3.8, 4) is 0 Å². The van der Waals surface area contributed by atoms with Crippen LogP contribution in [0.5, 0.6) is 0 Å². The molecule has 9 heteroatoms. The molecule has 6 nitrogen and oxygen atoms in total. The number of urea groups is 1. The predicted octanol–water partition coefficient (Wildman–Crippen LogP) is 4.82. The molecule has 0 saturated carbocycles. The number of aromatic nitrogens is 1. The molecule has 0 bridgehead atoms. The van der Waals surface area contributed by atoms with Gasteiger partial charge < -0.3 is 10.6 Å². The maximum atomic E-state index is 13.6. The number of nitrogens with zero attached hydrogens (tertiary/aromatic N) is 1. The molecule has 0 aliphatic carbocycles. The lowest BCUT2D eigenvalue weighted by atomic mass is 10.2. The van der Waals surface area contributed by atoms with Crippen LogP contribution in [-0.4, -0.2) is 25.2 Å². The molecule has 3 aromatic rings. The first-order valence-electron chi connectivity index (χ1n) is 8.62. The van der Waals surface area contributed by atoms with Crippen molar-refractivity contribution in [3.05, 3.63) is 47.8 Å². The zero-order valence-corrected chi connectivity index (χ0v) is 17.2. The Labute approximate surface area is 166 Å². The Morgan fingerprint density at radius 1 is 1.21 bits per heavy atom. The van der Waals surface area contributed by atoms with Gasteiger partial charge >= 0.3 is 6.03 Å². The van der Waals surface area contributed by atoms with Crippen molar-refractivity contribution in [3.63, 3.8) is 0 Å². The first-order valence-corrected chi connectivity index (χ1v) is 11.1. The summed E-state index contributed by atoms with van der Waals surface area (Å²) >= 11 is 1.08. The van der Waals surface area contributed by atoms with Crippen molar-refractivity contribution < 1.29 is 17.6 Å². The second-order valence-corrected chi connectivity index (χ2v) is 10.1. The van der Waals surface area contributed by atoms with Gasteiger partial charge in [0.1, 0.15) is 5.82 Å². The standard InChI is InChI=1S/C19H20FN3O3S2/c1-11(2)10-28(25,26)19-23-16-8-7-13(9-17(16)27-19)21-18(24)22-15-6-4-5-14(20)12(15)3/h4-9,11H,10H2,1-3H3,(H2,21,22,24). The van der Waals surface area contributed by atoms with Crippen LogP contribution in [-0.2, 0) is 9.84 Å². The highest BCUT2D eigenvalue weighted by molar-refractivity contribution is 7.93. The number of rotatable bonds is 5. The third-order valence-corrected chi connectivity index (χ3v) is 7.51. The molecule has 0 fully saturated rings. The molecule has 1 aromatic heterocycles. The minimum atomic E-state index is -3.43. The monoisotopic (exact) mass is 421 g/mol. The molecule has 0 atom stereocenters. The van der Waals surface area contributed by atoms with E-state index in [0.717, 1.165) is 11.3 Å². The van der Waals surface area contributed by atoms with Crippen LogP contribution >= 0.6 is 11.3 Å². The fraction of sp³-hybridized carbons (Fsp3) is 0.263. The highest BCUT2D eigenvalue weighted by Crippen LogP contribution is 2.29. The fourth-order valence-electron chi connectivity index (χ4n) is 2.65. The molecule has 0 radical (unpaired) electrons. The van der Waals surface area contributed by atoms with Gasteiger partial charge in [-0.05, 0) is 43.2 Å². The molecule has 28 heavy (non-hydrogen) atoms. The number of sulfone groups is 1. The Hall–Kier alpha value is -2.52. The molecule has 0 saturated heterocycles. The SMILES string of the molecule is Cc1c(F)cccc1NC(=O)Nc1ccc2nc(S(=O)(=O)CC(C)C)sc2c1. The molecule has 0 aliphatic rings. The minimum absolute atomic E-state index is 0.00390. The lowest BCUT2D eigenvalue weighted by molar-refractivity contribution is 0.262. The van der Waals surface area contributed by atoms with Gasteiger partial charge in [-0.2, -0.15) is 0 Å². The second kappa shape index (κ2) is 7.84. The van der Waals surface area contributed by atoms with E-state index >= 15 is 0 Å². The Balaban J connectivity index is 1.79. The number of fused-ring (bicyclic) bond motifs is 1. The molecule has 1 heterocycles. The average Bonchev–Trinajstić information content (AvgIpc) is 3.02. The van der Waals surface area contributed by atoms with E-state index in [1.807, 2.05) is 13.8 Å². The predicted molar refractivity (Wildman–Crippen MR) is 110 cm³/mol. The molecule has 0 unspecified atom stereocenters. The summed E-state index contributed by atoms with van der Waals surface area (Å²) in [5, 5.41) is 5.27. The number of hydrogen-bond acceptors (Lipinski definition) is 5. The van der Waals surface area contributed by atoms with Crippen molar-refractivity contribution >= 4 is 48.8 Å². The van der Waals surface area contributed by atoms with E-state index in [2.05, 4.69) is 15.6 Å². The fourth-order valence-corrected chi connectivity index (χ4v) is 5.63. The number of amides is 2. The van der Waals surface area contributed by atoms with Gasteiger partial charge in [-0.3, -0.25) is 0 Å². The van der Waals surface area contributed by atoms with Crippen LogP contribution in [0.1, 0.15) is 19.4 Å². The van der Waals surface area contributed by atoms with Gasteiger partial charge in [-0.25, -0.2) is 22.6 Å². The zero-order chi connectivity index (χ0) is 20.5. The second-order valence-electron chi connectivity index (χ2n) is 6.83. The summed E-state index contributed by atoms with van der Waals surface area (Å²) in [6, 6.07) is 8.88. The van der Waals surface area contributed by atoms with E-state index in [4.69, 9.17) is 0 Å². The number of thiazole rings is 1. The van der Waals surface area contributed by atoms with E-state index in [1.54, 1.807) is 31.2 Å². The summed E-state index contributed by atoms with van der Waals surface area (Å²) in [6.45, 7) is 5.26. The third kappa shape index (κ3) is 4.48. The zero-order valence-electron chi connectivity index (χ0n) is 15.6. The molecule has 2 N–H and O–H groups in total. The van der Waals surface area contributed by atoms with Crippen LogP contribution in [0.4, 0.5) is 20.6 Å². The molecular weight excluding hydrogens is 401 g/mol. The molecule has 148 valence electrons. The number of anilines is 2. The molecule has 3 rings (SSSR count). The van der Waals surface area contributed by atoms with Gasteiger partial charge in [0.2, 0.25) is 14.2 Å². The highest BCUT2D eigenvalue weighted by atomic mass is 32.2. The van der Waals surface area contributed by atoms with E-state index < -0.39 is 21.7 Å². The number of benzene rings is 2. The van der Waals surface area contributed by atoms with Gasteiger partial charge in [0.15, 0.2) is 0 Å². The topological polar surface area (TPSA) is 88.2 Å². The van der Waals surface area contributed by atoms with Gasteiger partial charge in [0.05, 0.1) is 16.0 Å². The Morgan fingerprint density at radius 2 is 1.96 bits per heavy atom. The number of hydrogen-bond donors (Lipinski definition) is 2. The van der Waals surface area contributed by atoms with Gasteiger partial charge in [-0.1, -0.05) is 19.9 Å². The van der Waals surface area contributed by atoms with Crippen molar-refractivity contribution in [1.29, 1.82) is 0 Å². The minimum Gasteiger partial charge on any atom is -0.308 e. The highest BCUT2D eigenvalue weighted by Gasteiger charge is 2.21. The Kier molecular flexibility index (Phi) is 5.66. The smallest absolute Gasteiger partial charge is 0.308 e. The Bertz CT molecular complexity index is 1140. The lowest BCUT2D eigenvalue weighted by Gasteiger charge is -2.10. The van der Waals surface area contributed by atoms with Crippen LogP contribution in [0.25, 0.3) is 10.2 Å². The molecule has 2 aromatic carbocycles. The number of nitrogens with one attached hydrogen (secondary N) is 2. The molecular formula is C19H20FN3O3S2. The van der Waals surface area contributed by atoms with Crippen molar-refractivity contribution in [2.75, 3.05) is 16.4 Å². The van der Waals surface area contributed by atoms with E-state index in [0.29, 0.717) is 27.2 Å². The van der Waals surface area contributed by atoms with Gasteiger partial charge in [0.25, 0.3) is 0 Å². The summed E-state index contributed by atoms with van der Waals surface area (Å²) in [4.78, 5) is 16.4. The first kappa shape index (κ1) is 20.2. The van der Waals surface area contributed by atoms with Crippen molar-refractivity contribution in [2.45, 2.75) is 25.1 Å². The maximum Gasteiger partial charge on any atom is 0.323 e. The molecule has 2 amide bonds. The van der Waals surface area contributed by atoms with Crippen LogP contribution in [0.3, 0.4) is 0 Å². The first-order chi connectivity index (χ1) is 13.2. The largest absolute Gasteiger partial charge is 0.323 e. The van der Waals surface area contributed by atoms with E-state index in [1.165, 1.54) is 12.1 Å². The summed E-state index contributed by atoms with van der Waals surface area (Å²) in [5.41, 5.74) is 1.75. The maximum absolute atomic E-state index is 13.6. The van der Waals surface area contributed by atoms with Gasteiger partial charge in [0, 0.05) is 16.9 Å². The normalized spacial score (nSPS) is 11.8. The lowest BCUT2D eigenvalue weighted by Crippen LogP contribution is -2.20. The number of halogens is 1. The van der Waals surface area contributed by atoms with Gasteiger partial charge in [-0.15, -0.1) is 11.3 Å². The van der Waals surface area contributed by atoms with Crippen molar-refractivity contribution in [2.24, 2.45) is 5.92 Å². The van der Waals surface area contributed by atoms with Crippen LogP contribution in [0.15, 0.2) is 40.7 Å². The summed E-state index contributed by atoms with van der Waals surface area (Å²) in [6.07, 6.45) is 0. The van der Waals surface area contributed by atoms with Crippen LogP contribution in [0, 0.1) is 18.7 Å². The van der Waals surface area contributed by atoms with Crippen LogP contribution in [0.2, 0.25) is 0 Å².